The van der Waals surface area contributed by atoms with E-state index in [-0.39, 0.29) is 0 Å². The zero-order valence-corrected chi connectivity index (χ0v) is 13.8. The van der Waals surface area contributed by atoms with E-state index in [9.17, 15) is 20.4 Å². The van der Waals surface area contributed by atoms with E-state index in [1.54, 1.807) is 0 Å². The first-order valence-corrected chi connectivity index (χ1v) is 8.11. The molecular weight excluding hydrogens is 296 g/mol. The van der Waals surface area contributed by atoms with Crippen LogP contribution >= 0.6 is 0 Å². The Morgan fingerprint density at radius 3 is 2.22 bits per heavy atom. The molecule has 5 nitrogen and oxygen atoms in total. The van der Waals surface area contributed by atoms with Crippen molar-refractivity contribution in [2.45, 2.75) is 57.8 Å². The van der Waals surface area contributed by atoms with Crippen LogP contribution in [-0.4, -0.2) is 50.5 Å². The van der Waals surface area contributed by atoms with Crippen molar-refractivity contribution >= 4 is 6.08 Å². The van der Waals surface area contributed by atoms with Gasteiger partial charge in [-0.1, -0.05) is 44.9 Å². The topological polar surface area (TPSA) is 101 Å². The van der Waals surface area contributed by atoms with E-state index in [1.807, 2.05) is 18.2 Å². The first-order valence-electron chi connectivity index (χ1n) is 8.11. The Balaban J connectivity index is 2.99. The highest BCUT2D eigenvalue weighted by molar-refractivity contribution is 5.54. The second-order valence-electron chi connectivity index (χ2n) is 5.78. The van der Waals surface area contributed by atoms with Crippen molar-refractivity contribution in [3.63, 3.8) is 0 Å². The SMILES string of the molecule is CCCc1ccc(C=C(O)[C@H](O)[C@@H](O)[C@H](O)CO)cc1CCC. The molecule has 0 aromatic heterocycles. The molecule has 0 radical (unpaired) electrons. The summed E-state index contributed by atoms with van der Waals surface area (Å²) < 4.78 is 0. The maximum absolute atomic E-state index is 9.94. The van der Waals surface area contributed by atoms with Gasteiger partial charge in [-0.3, -0.25) is 0 Å². The largest absolute Gasteiger partial charge is 0.509 e. The molecule has 0 bridgehead atoms. The summed E-state index contributed by atoms with van der Waals surface area (Å²) in [5, 5.41) is 47.5. The summed E-state index contributed by atoms with van der Waals surface area (Å²) in [5.74, 6) is -0.448. The van der Waals surface area contributed by atoms with Gasteiger partial charge in [0.25, 0.3) is 0 Å². The lowest BCUT2D eigenvalue weighted by atomic mass is 9.96. The van der Waals surface area contributed by atoms with Crippen molar-refractivity contribution in [1.82, 2.24) is 0 Å². The summed E-state index contributed by atoms with van der Waals surface area (Å²) in [6.45, 7) is 3.53. The van der Waals surface area contributed by atoms with Crippen LogP contribution in [-0.2, 0) is 12.8 Å². The number of aryl methyl sites for hydroxylation is 2. The van der Waals surface area contributed by atoms with Crippen LogP contribution in [0.5, 0.6) is 0 Å². The number of hydrogen-bond acceptors (Lipinski definition) is 5. The smallest absolute Gasteiger partial charge is 0.139 e. The Morgan fingerprint density at radius 2 is 1.65 bits per heavy atom. The molecule has 1 aromatic carbocycles. The Labute approximate surface area is 137 Å². The molecule has 3 atom stereocenters. The minimum atomic E-state index is -1.65. The highest BCUT2D eigenvalue weighted by Crippen LogP contribution is 2.19. The van der Waals surface area contributed by atoms with Gasteiger partial charge in [0.15, 0.2) is 0 Å². The zero-order valence-electron chi connectivity index (χ0n) is 13.8. The average Bonchev–Trinajstić information content (AvgIpc) is 2.55. The fourth-order valence-electron chi connectivity index (χ4n) is 2.50. The van der Waals surface area contributed by atoms with Crippen molar-refractivity contribution in [2.24, 2.45) is 0 Å². The van der Waals surface area contributed by atoms with Crippen molar-refractivity contribution < 1.29 is 25.5 Å². The molecule has 0 fully saturated rings. The van der Waals surface area contributed by atoms with Gasteiger partial charge in [0.1, 0.15) is 24.1 Å². The monoisotopic (exact) mass is 324 g/mol. The third-order valence-corrected chi connectivity index (χ3v) is 3.79. The third kappa shape index (κ3) is 5.62. The molecule has 5 heteroatoms. The number of rotatable bonds is 9. The molecule has 0 saturated carbocycles. The summed E-state index contributed by atoms with van der Waals surface area (Å²) in [6.07, 6.45) is 0.561. The van der Waals surface area contributed by atoms with Crippen LogP contribution in [0.4, 0.5) is 0 Å². The Morgan fingerprint density at radius 1 is 1.04 bits per heavy atom. The van der Waals surface area contributed by atoms with E-state index in [0.29, 0.717) is 0 Å². The van der Waals surface area contributed by atoms with E-state index in [1.165, 1.54) is 17.2 Å². The lowest BCUT2D eigenvalue weighted by molar-refractivity contribution is -0.0735. The molecule has 0 aliphatic carbocycles. The maximum atomic E-state index is 9.94. The fourth-order valence-corrected chi connectivity index (χ4v) is 2.50. The molecule has 23 heavy (non-hydrogen) atoms. The molecule has 130 valence electrons. The van der Waals surface area contributed by atoms with Gasteiger partial charge in [0.2, 0.25) is 0 Å². The van der Waals surface area contributed by atoms with Crippen molar-refractivity contribution in [3.05, 3.63) is 40.6 Å². The van der Waals surface area contributed by atoms with E-state index < -0.39 is 30.7 Å². The van der Waals surface area contributed by atoms with Crippen molar-refractivity contribution in [1.29, 1.82) is 0 Å². The first-order chi connectivity index (χ1) is 10.9. The number of aliphatic hydroxyl groups is 5. The average molecular weight is 324 g/mol. The molecule has 0 amide bonds. The van der Waals surface area contributed by atoms with Crippen LogP contribution in [0.3, 0.4) is 0 Å². The van der Waals surface area contributed by atoms with Gasteiger partial charge < -0.3 is 25.5 Å². The van der Waals surface area contributed by atoms with E-state index in [2.05, 4.69) is 13.8 Å². The van der Waals surface area contributed by atoms with Crippen LogP contribution in [0.2, 0.25) is 0 Å². The lowest BCUT2D eigenvalue weighted by Crippen LogP contribution is -2.40. The number of hydrogen-bond donors (Lipinski definition) is 5. The molecule has 0 heterocycles. The molecule has 0 saturated heterocycles. The van der Waals surface area contributed by atoms with Gasteiger partial charge in [-0.05, 0) is 35.6 Å². The van der Waals surface area contributed by atoms with Gasteiger partial charge in [-0.2, -0.15) is 0 Å². The van der Waals surface area contributed by atoms with Crippen LogP contribution in [0.1, 0.15) is 43.4 Å². The van der Waals surface area contributed by atoms with Crippen LogP contribution < -0.4 is 0 Å². The highest BCUT2D eigenvalue weighted by atomic mass is 16.4. The zero-order chi connectivity index (χ0) is 17.4. The number of benzene rings is 1. The Bertz CT molecular complexity index is 512. The molecule has 0 spiro atoms. The van der Waals surface area contributed by atoms with Crippen LogP contribution in [0.15, 0.2) is 24.0 Å². The quantitative estimate of drug-likeness (QED) is 0.444. The molecule has 0 unspecified atom stereocenters. The molecule has 1 aromatic rings. The third-order valence-electron chi connectivity index (χ3n) is 3.79. The first kappa shape index (κ1) is 19.6. The van der Waals surface area contributed by atoms with Gasteiger partial charge in [0, 0.05) is 0 Å². The normalized spacial score (nSPS) is 16.2. The molecular formula is C18H28O5. The summed E-state index contributed by atoms with van der Waals surface area (Å²) in [5.41, 5.74) is 3.21. The second kappa shape index (κ2) is 9.67. The molecule has 0 aliphatic heterocycles. The van der Waals surface area contributed by atoms with Gasteiger partial charge in [-0.25, -0.2) is 0 Å². The number of aliphatic hydroxyl groups excluding tert-OH is 5. The van der Waals surface area contributed by atoms with Gasteiger partial charge in [-0.15, -0.1) is 0 Å². The van der Waals surface area contributed by atoms with E-state index in [0.717, 1.165) is 31.2 Å². The predicted octanol–water partition coefficient (Wildman–Crippen LogP) is 1.57. The van der Waals surface area contributed by atoms with Gasteiger partial charge in [0.05, 0.1) is 6.61 Å². The highest BCUT2D eigenvalue weighted by Gasteiger charge is 2.27. The molecule has 1 rings (SSSR count). The van der Waals surface area contributed by atoms with Crippen LogP contribution in [0, 0.1) is 0 Å². The summed E-state index contributed by atoms with van der Waals surface area (Å²) in [6, 6.07) is 5.83. The fraction of sp³-hybridized carbons (Fsp3) is 0.556. The lowest BCUT2D eigenvalue weighted by Gasteiger charge is -2.21. The van der Waals surface area contributed by atoms with Gasteiger partial charge >= 0.3 is 0 Å². The minimum Gasteiger partial charge on any atom is -0.509 e. The summed E-state index contributed by atoms with van der Waals surface area (Å²) in [4.78, 5) is 0. The Hall–Kier alpha value is -1.40. The summed E-state index contributed by atoms with van der Waals surface area (Å²) >= 11 is 0. The molecule has 5 N–H and O–H groups in total. The Kier molecular flexibility index (Phi) is 8.26. The molecule has 0 aliphatic rings. The second-order valence-corrected chi connectivity index (χ2v) is 5.78. The standard InChI is InChI=1S/C18H28O5/c1-3-5-13-8-7-12(9-14(13)6-4-2)10-15(20)17(22)18(23)16(21)11-19/h7-10,16-23H,3-6,11H2,1-2H3/t16-,17+,18+/m1/s1. The predicted molar refractivity (Wildman–Crippen MR) is 90.1 cm³/mol. The van der Waals surface area contributed by atoms with Crippen molar-refractivity contribution in [2.75, 3.05) is 6.61 Å². The minimum absolute atomic E-state index is 0.448. The van der Waals surface area contributed by atoms with Crippen molar-refractivity contribution in [3.8, 4) is 0 Å². The van der Waals surface area contributed by atoms with E-state index >= 15 is 0 Å². The summed E-state index contributed by atoms with van der Waals surface area (Å²) in [7, 11) is 0. The van der Waals surface area contributed by atoms with E-state index in [4.69, 9.17) is 5.11 Å². The van der Waals surface area contributed by atoms with Crippen LogP contribution in [0.25, 0.3) is 6.08 Å². The maximum Gasteiger partial charge on any atom is 0.139 e.